The van der Waals surface area contributed by atoms with Crippen molar-refractivity contribution in [3.63, 3.8) is 0 Å². The first-order valence-electron chi connectivity index (χ1n) is 6.38. The van der Waals surface area contributed by atoms with Gasteiger partial charge in [0, 0.05) is 12.6 Å². The van der Waals surface area contributed by atoms with Crippen molar-refractivity contribution in [1.82, 2.24) is 9.78 Å². The van der Waals surface area contributed by atoms with E-state index >= 15 is 0 Å². The summed E-state index contributed by atoms with van der Waals surface area (Å²) in [7, 11) is 1.35. The molecule has 1 aromatic rings. The topological polar surface area (TPSA) is 82.2 Å². The fourth-order valence-electron chi connectivity index (χ4n) is 2.01. The molecule has 6 heteroatoms. The minimum absolute atomic E-state index is 0.359. The second-order valence-electron chi connectivity index (χ2n) is 4.60. The number of carbonyl (C=O) groups is 1. The maximum atomic E-state index is 11.8. The third-order valence-corrected chi connectivity index (χ3v) is 3.26. The summed E-state index contributed by atoms with van der Waals surface area (Å²) >= 11 is 0. The molecule has 0 atom stereocenters. The molecule has 0 aliphatic heterocycles. The van der Waals surface area contributed by atoms with Gasteiger partial charge in [0.05, 0.1) is 7.11 Å². The predicted molar refractivity (Wildman–Crippen MR) is 69.5 cm³/mol. The van der Waals surface area contributed by atoms with Gasteiger partial charge >= 0.3 is 5.97 Å². The van der Waals surface area contributed by atoms with E-state index in [2.05, 4.69) is 10.4 Å². The number of nitrogens with zero attached hydrogens (tertiary/aromatic N) is 2. The van der Waals surface area contributed by atoms with Crippen molar-refractivity contribution in [2.75, 3.05) is 18.2 Å². The molecule has 100 valence electrons. The van der Waals surface area contributed by atoms with E-state index in [9.17, 15) is 4.79 Å². The predicted octanol–water partition coefficient (Wildman–Crippen LogP) is 1.63. The van der Waals surface area contributed by atoms with E-state index in [0.29, 0.717) is 29.8 Å². The van der Waals surface area contributed by atoms with Crippen molar-refractivity contribution in [1.29, 1.82) is 0 Å². The number of nitrogens with one attached hydrogen (secondary N) is 1. The summed E-state index contributed by atoms with van der Waals surface area (Å²) < 4.78 is 6.43. The Hall–Kier alpha value is -1.72. The number of nitrogens with two attached hydrogens (primary N) is 1. The maximum absolute atomic E-state index is 11.8. The zero-order valence-electron chi connectivity index (χ0n) is 10.9. The summed E-state index contributed by atoms with van der Waals surface area (Å²) in [5, 5.41) is 7.64. The monoisotopic (exact) mass is 252 g/mol. The Morgan fingerprint density at radius 2 is 2.33 bits per heavy atom. The normalized spacial score (nSPS) is 15.2. The molecule has 1 aliphatic rings. The molecule has 1 saturated carbocycles. The molecule has 1 aliphatic carbocycles. The highest BCUT2D eigenvalue weighted by Gasteiger charge is 2.26. The number of aromatic nitrogens is 2. The number of anilines is 2. The molecule has 18 heavy (non-hydrogen) atoms. The zero-order valence-corrected chi connectivity index (χ0v) is 10.9. The van der Waals surface area contributed by atoms with Gasteiger partial charge in [0.1, 0.15) is 11.4 Å². The van der Waals surface area contributed by atoms with E-state index < -0.39 is 5.97 Å². The van der Waals surface area contributed by atoms with Crippen molar-refractivity contribution in [2.45, 2.75) is 45.2 Å². The minimum Gasteiger partial charge on any atom is -0.465 e. The summed E-state index contributed by atoms with van der Waals surface area (Å²) in [6, 6.07) is 0.401. The van der Waals surface area contributed by atoms with Gasteiger partial charge in [0.2, 0.25) is 0 Å². The van der Waals surface area contributed by atoms with Crippen molar-refractivity contribution < 1.29 is 9.53 Å². The number of hydrogen-bond acceptors (Lipinski definition) is 5. The molecule has 0 saturated heterocycles. The lowest BCUT2D eigenvalue weighted by molar-refractivity contribution is 0.0603. The van der Waals surface area contributed by atoms with Gasteiger partial charge in [-0.25, -0.2) is 9.48 Å². The quantitative estimate of drug-likeness (QED) is 0.778. The van der Waals surface area contributed by atoms with Crippen molar-refractivity contribution in [2.24, 2.45) is 0 Å². The number of ether oxygens (including phenoxy) is 1. The first-order valence-corrected chi connectivity index (χ1v) is 6.38. The van der Waals surface area contributed by atoms with Gasteiger partial charge in [-0.2, -0.15) is 5.10 Å². The number of aryl methyl sites for hydroxylation is 1. The van der Waals surface area contributed by atoms with Crippen LogP contribution in [-0.2, 0) is 11.3 Å². The van der Waals surface area contributed by atoms with Gasteiger partial charge in [-0.15, -0.1) is 0 Å². The lowest BCUT2D eigenvalue weighted by Crippen LogP contribution is -2.28. The third-order valence-electron chi connectivity index (χ3n) is 3.26. The first-order chi connectivity index (χ1) is 8.67. The van der Waals surface area contributed by atoms with Gasteiger partial charge in [-0.1, -0.05) is 6.92 Å². The molecule has 0 bridgehead atoms. The molecule has 1 fully saturated rings. The molecule has 6 nitrogen and oxygen atoms in total. The standard InChI is InChI=1S/C12H20N4O2/c1-3-7-16-10(13)9(12(17)18-2)11(15-16)14-8-5-4-6-8/h8H,3-7,13H2,1-2H3,(H,14,15). The molecule has 0 unspecified atom stereocenters. The molecular weight excluding hydrogens is 232 g/mol. The Bertz CT molecular complexity index is 438. The third kappa shape index (κ3) is 2.27. The zero-order chi connectivity index (χ0) is 13.1. The Labute approximate surface area is 106 Å². The van der Waals surface area contributed by atoms with E-state index in [4.69, 9.17) is 10.5 Å². The Kier molecular flexibility index (Phi) is 3.74. The van der Waals surface area contributed by atoms with Crippen LogP contribution in [0.3, 0.4) is 0 Å². The molecular formula is C12H20N4O2. The highest BCUT2D eigenvalue weighted by Crippen LogP contribution is 2.28. The summed E-state index contributed by atoms with van der Waals surface area (Å²) in [6.45, 7) is 2.74. The first kappa shape index (κ1) is 12.7. The van der Waals surface area contributed by atoms with Crippen LogP contribution in [-0.4, -0.2) is 28.9 Å². The van der Waals surface area contributed by atoms with Crippen LogP contribution >= 0.6 is 0 Å². The van der Waals surface area contributed by atoms with E-state index in [0.717, 1.165) is 19.3 Å². The average molecular weight is 252 g/mol. The Balaban J connectivity index is 2.28. The van der Waals surface area contributed by atoms with Gasteiger partial charge in [0.25, 0.3) is 0 Å². The van der Waals surface area contributed by atoms with E-state index in [1.165, 1.54) is 13.5 Å². The SMILES string of the molecule is CCCn1nc(NC2CCC2)c(C(=O)OC)c1N. The van der Waals surface area contributed by atoms with Crippen molar-refractivity contribution >= 4 is 17.6 Å². The molecule has 1 aromatic heterocycles. The number of esters is 1. The maximum Gasteiger partial charge on any atom is 0.345 e. The Morgan fingerprint density at radius 3 is 2.83 bits per heavy atom. The van der Waals surface area contributed by atoms with Crippen LogP contribution in [0.15, 0.2) is 0 Å². The van der Waals surface area contributed by atoms with Crippen LogP contribution < -0.4 is 11.1 Å². The highest BCUT2D eigenvalue weighted by molar-refractivity contribution is 5.99. The summed E-state index contributed by atoms with van der Waals surface area (Å²) in [5.41, 5.74) is 6.32. The Morgan fingerprint density at radius 1 is 1.61 bits per heavy atom. The molecule has 3 N–H and O–H groups in total. The summed E-state index contributed by atoms with van der Waals surface area (Å²) in [5.74, 6) is 0.500. The molecule has 0 radical (unpaired) electrons. The fraction of sp³-hybridized carbons (Fsp3) is 0.667. The lowest BCUT2D eigenvalue weighted by atomic mass is 9.93. The minimum atomic E-state index is -0.434. The van der Waals surface area contributed by atoms with E-state index in [-0.39, 0.29) is 0 Å². The van der Waals surface area contributed by atoms with Gasteiger partial charge in [-0.3, -0.25) is 0 Å². The smallest absolute Gasteiger partial charge is 0.345 e. The molecule has 0 spiro atoms. The second kappa shape index (κ2) is 5.29. The van der Waals surface area contributed by atoms with Crippen LogP contribution in [0.5, 0.6) is 0 Å². The number of nitrogen functional groups attached to an aromatic ring is 1. The van der Waals surface area contributed by atoms with Crippen molar-refractivity contribution in [3.8, 4) is 0 Å². The fourth-order valence-corrected chi connectivity index (χ4v) is 2.01. The number of carbonyl (C=O) groups excluding carboxylic acids is 1. The lowest BCUT2D eigenvalue weighted by Gasteiger charge is -2.26. The largest absolute Gasteiger partial charge is 0.465 e. The molecule has 0 aromatic carbocycles. The van der Waals surface area contributed by atoms with Crippen LogP contribution in [0, 0.1) is 0 Å². The van der Waals surface area contributed by atoms with Crippen molar-refractivity contribution in [3.05, 3.63) is 5.56 Å². The summed E-state index contributed by atoms with van der Waals surface area (Å²) in [4.78, 5) is 11.8. The van der Waals surface area contributed by atoms with Crippen LogP contribution in [0.2, 0.25) is 0 Å². The number of hydrogen-bond donors (Lipinski definition) is 2. The van der Waals surface area contributed by atoms with Gasteiger partial charge < -0.3 is 15.8 Å². The van der Waals surface area contributed by atoms with E-state index in [1.807, 2.05) is 6.92 Å². The number of methoxy groups -OCH3 is 1. The van der Waals surface area contributed by atoms with Crippen LogP contribution in [0.25, 0.3) is 0 Å². The molecule has 2 rings (SSSR count). The van der Waals surface area contributed by atoms with Gasteiger partial charge in [0.15, 0.2) is 5.82 Å². The highest BCUT2D eigenvalue weighted by atomic mass is 16.5. The number of rotatable bonds is 5. The van der Waals surface area contributed by atoms with Crippen LogP contribution in [0.4, 0.5) is 11.6 Å². The average Bonchev–Trinajstić information content (AvgIpc) is 2.61. The molecule has 1 heterocycles. The summed E-state index contributed by atoms with van der Waals surface area (Å²) in [6.07, 6.45) is 4.36. The second-order valence-corrected chi connectivity index (χ2v) is 4.60. The van der Waals surface area contributed by atoms with Gasteiger partial charge in [-0.05, 0) is 25.7 Å². The van der Waals surface area contributed by atoms with Crippen LogP contribution in [0.1, 0.15) is 43.0 Å². The van der Waals surface area contributed by atoms with E-state index in [1.54, 1.807) is 4.68 Å². The molecule has 0 amide bonds.